The largest absolute Gasteiger partial charge is 0.453 e. The number of thiophene rings is 1. The van der Waals surface area contributed by atoms with E-state index < -0.39 is 12.1 Å². The van der Waals surface area contributed by atoms with Crippen LogP contribution in [0.3, 0.4) is 0 Å². The van der Waals surface area contributed by atoms with E-state index in [0.29, 0.717) is 5.82 Å². The monoisotopic (exact) mass is 403 g/mol. The Labute approximate surface area is 167 Å². The Hall–Kier alpha value is -2.22. The van der Waals surface area contributed by atoms with Gasteiger partial charge in [-0.1, -0.05) is 0 Å². The molecule has 1 aliphatic heterocycles. The van der Waals surface area contributed by atoms with Crippen LogP contribution in [-0.4, -0.2) is 45.9 Å². The average Bonchev–Trinajstić information content (AvgIpc) is 3.33. The summed E-state index contributed by atoms with van der Waals surface area (Å²) in [5, 5.41) is 0.718. The molecule has 0 aromatic carbocycles. The highest BCUT2D eigenvalue weighted by atomic mass is 32.1. The first kappa shape index (κ1) is 19.1. The second-order valence-corrected chi connectivity index (χ2v) is 8.65. The fourth-order valence-corrected chi connectivity index (χ4v) is 5.33. The second-order valence-electron chi connectivity index (χ2n) is 7.57. The summed E-state index contributed by atoms with van der Waals surface area (Å²) in [6, 6.07) is 0. The number of aromatic amines is 1. The molecule has 3 heterocycles. The Morgan fingerprint density at radius 3 is 2.75 bits per heavy atom. The normalized spacial score (nSPS) is 17.5. The number of H-pyrrole nitrogens is 1. The average molecular weight is 404 g/mol. The standard InChI is InChI=1S/C20H25N3O4S/c1-12(20(26)23-10-4-5-11-23)27-16(24)9-8-15-21-18(25)17-13-6-2-3-7-14(13)28-19(17)22-15/h12H,2-11H2,1H3,(H,21,22,25)/t12-/m1/s1. The number of rotatable bonds is 5. The molecule has 4 rings (SSSR count). The van der Waals surface area contributed by atoms with Gasteiger partial charge in [-0.25, -0.2) is 4.98 Å². The van der Waals surface area contributed by atoms with Crippen LogP contribution < -0.4 is 5.56 Å². The molecule has 1 saturated heterocycles. The molecule has 0 radical (unpaired) electrons. The van der Waals surface area contributed by atoms with Gasteiger partial charge < -0.3 is 14.6 Å². The van der Waals surface area contributed by atoms with E-state index in [-0.39, 0.29) is 24.3 Å². The molecule has 2 aromatic heterocycles. The lowest BCUT2D eigenvalue weighted by atomic mass is 9.97. The minimum absolute atomic E-state index is 0.0805. The summed E-state index contributed by atoms with van der Waals surface area (Å²) in [6.45, 7) is 3.08. The zero-order valence-corrected chi connectivity index (χ0v) is 16.9. The highest BCUT2D eigenvalue weighted by Gasteiger charge is 2.26. The fraction of sp³-hybridized carbons (Fsp3) is 0.600. The number of hydrogen-bond acceptors (Lipinski definition) is 6. The number of aromatic nitrogens is 2. The highest BCUT2D eigenvalue weighted by molar-refractivity contribution is 7.18. The quantitative estimate of drug-likeness (QED) is 0.774. The molecule has 0 spiro atoms. The van der Waals surface area contributed by atoms with Crippen LogP contribution in [0.15, 0.2) is 4.79 Å². The predicted molar refractivity (Wildman–Crippen MR) is 107 cm³/mol. The maximum Gasteiger partial charge on any atom is 0.307 e. The Kier molecular flexibility index (Phi) is 5.48. The Morgan fingerprint density at radius 2 is 1.96 bits per heavy atom. The highest BCUT2D eigenvalue weighted by Crippen LogP contribution is 2.33. The van der Waals surface area contributed by atoms with Gasteiger partial charge in [0.05, 0.1) is 11.8 Å². The first-order valence-electron chi connectivity index (χ1n) is 10.0. The molecule has 2 aromatic rings. The lowest BCUT2D eigenvalue weighted by Gasteiger charge is -2.20. The molecular formula is C20H25N3O4S. The van der Waals surface area contributed by atoms with Gasteiger partial charge in [0, 0.05) is 24.4 Å². The summed E-state index contributed by atoms with van der Waals surface area (Å²) in [5.41, 5.74) is 1.03. The summed E-state index contributed by atoms with van der Waals surface area (Å²) in [4.78, 5) is 48.1. The van der Waals surface area contributed by atoms with Crippen LogP contribution in [0.5, 0.6) is 0 Å². The van der Waals surface area contributed by atoms with E-state index in [4.69, 9.17) is 4.74 Å². The lowest BCUT2D eigenvalue weighted by molar-refractivity contribution is -0.158. The van der Waals surface area contributed by atoms with Crippen LogP contribution in [0, 0.1) is 0 Å². The molecule has 1 aliphatic carbocycles. The molecule has 8 heteroatoms. The summed E-state index contributed by atoms with van der Waals surface area (Å²) >= 11 is 1.59. The zero-order valence-electron chi connectivity index (χ0n) is 16.1. The fourth-order valence-electron chi connectivity index (χ4n) is 4.05. The Morgan fingerprint density at radius 1 is 1.21 bits per heavy atom. The van der Waals surface area contributed by atoms with Crippen molar-refractivity contribution in [2.45, 2.75) is 64.4 Å². The van der Waals surface area contributed by atoms with Crippen molar-refractivity contribution in [2.24, 2.45) is 0 Å². The number of nitrogens with one attached hydrogen (secondary N) is 1. The second kappa shape index (κ2) is 8.03. The maximum atomic E-state index is 12.5. The van der Waals surface area contributed by atoms with Gasteiger partial charge in [0.25, 0.3) is 11.5 Å². The van der Waals surface area contributed by atoms with Crippen molar-refractivity contribution in [3.8, 4) is 0 Å². The van der Waals surface area contributed by atoms with E-state index in [0.717, 1.165) is 67.4 Å². The van der Waals surface area contributed by atoms with Gasteiger partial charge in [-0.15, -0.1) is 11.3 Å². The SMILES string of the molecule is C[C@@H](OC(=O)CCc1nc2sc3c(c2c(=O)[nH]1)CCCC3)C(=O)N1CCCC1. The van der Waals surface area contributed by atoms with Gasteiger partial charge in [0.1, 0.15) is 10.7 Å². The topological polar surface area (TPSA) is 92.4 Å². The van der Waals surface area contributed by atoms with Gasteiger partial charge in [-0.3, -0.25) is 14.4 Å². The van der Waals surface area contributed by atoms with Gasteiger partial charge in [-0.05, 0) is 51.0 Å². The number of hydrogen-bond donors (Lipinski definition) is 1. The predicted octanol–water partition coefficient (Wildman–Crippen LogP) is 2.35. The van der Waals surface area contributed by atoms with E-state index in [2.05, 4.69) is 9.97 Å². The number of fused-ring (bicyclic) bond motifs is 3. The number of aryl methyl sites for hydroxylation is 3. The van der Waals surface area contributed by atoms with Crippen LogP contribution >= 0.6 is 11.3 Å². The van der Waals surface area contributed by atoms with Crippen molar-refractivity contribution in [2.75, 3.05) is 13.1 Å². The first-order chi connectivity index (χ1) is 13.5. The minimum atomic E-state index is -0.774. The number of carbonyl (C=O) groups is 2. The third-order valence-corrected chi connectivity index (χ3v) is 6.70. The number of carbonyl (C=O) groups excluding carboxylic acids is 2. The summed E-state index contributed by atoms with van der Waals surface area (Å²) < 4.78 is 5.28. The molecule has 7 nitrogen and oxygen atoms in total. The van der Waals surface area contributed by atoms with Crippen molar-refractivity contribution >= 4 is 33.4 Å². The number of likely N-dealkylation sites (tertiary alicyclic amines) is 1. The van der Waals surface area contributed by atoms with Crippen LogP contribution in [0.2, 0.25) is 0 Å². The molecule has 1 atom stereocenters. The third-order valence-electron chi connectivity index (χ3n) is 5.51. The van der Waals surface area contributed by atoms with Gasteiger partial charge in [0.2, 0.25) is 0 Å². The molecule has 150 valence electrons. The number of esters is 1. The van der Waals surface area contributed by atoms with Gasteiger partial charge >= 0.3 is 5.97 Å². The molecular weight excluding hydrogens is 378 g/mol. The first-order valence-corrected chi connectivity index (χ1v) is 10.9. The third kappa shape index (κ3) is 3.83. The van der Waals surface area contributed by atoms with E-state index >= 15 is 0 Å². The molecule has 0 unspecified atom stereocenters. The zero-order chi connectivity index (χ0) is 19.7. The van der Waals surface area contributed by atoms with E-state index in [1.54, 1.807) is 23.2 Å². The minimum Gasteiger partial charge on any atom is -0.453 e. The Balaban J connectivity index is 1.39. The van der Waals surface area contributed by atoms with Gasteiger partial charge in [0.15, 0.2) is 6.10 Å². The van der Waals surface area contributed by atoms with Crippen molar-refractivity contribution in [3.63, 3.8) is 0 Å². The van der Waals surface area contributed by atoms with Crippen LogP contribution in [-0.2, 0) is 33.6 Å². The number of amides is 1. The van der Waals surface area contributed by atoms with Crippen molar-refractivity contribution < 1.29 is 14.3 Å². The molecule has 0 bridgehead atoms. The van der Waals surface area contributed by atoms with Crippen LogP contribution in [0.4, 0.5) is 0 Å². The van der Waals surface area contributed by atoms with Crippen LogP contribution in [0.25, 0.3) is 10.2 Å². The molecule has 1 N–H and O–H groups in total. The molecule has 28 heavy (non-hydrogen) atoms. The van der Waals surface area contributed by atoms with Crippen molar-refractivity contribution in [1.29, 1.82) is 0 Å². The summed E-state index contributed by atoms with van der Waals surface area (Å²) in [7, 11) is 0. The number of nitrogens with zero attached hydrogens (tertiary/aromatic N) is 2. The van der Waals surface area contributed by atoms with Gasteiger partial charge in [-0.2, -0.15) is 0 Å². The van der Waals surface area contributed by atoms with Crippen molar-refractivity contribution in [1.82, 2.24) is 14.9 Å². The molecule has 0 saturated carbocycles. The summed E-state index contributed by atoms with van der Waals surface area (Å²) in [5.74, 6) is -0.0946. The van der Waals surface area contributed by atoms with E-state index in [9.17, 15) is 14.4 Å². The maximum absolute atomic E-state index is 12.5. The lowest BCUT2D eigenvalue weighted by Crippen LogP contribution is -2.38. The summed E-state index contributed by atoms with van der Waals surface area (Å²) in [6.07, 6.45) is 5.82. The van der Waals surface area contributed by atoms with Crippen LogP contribution in [0.1, 0.15) is 55.3 Å². The van der Waals surface area contributed by atoms with Crippen molar-refractivity contribution in [3.05, 3.63) is 26.6 Å². The molecule has 1 amide bonds. The number of ether oxygens (including phenoxy) is 1. The van der Waals surface area contributed by atoms with E-state index in [1.165, 1.54) is 4.88 Å². The van der Waals surface area contributed by atoms with E-state index in [1.807, 2.05) is 0 Å². The molecule has 1 fully saturated rings. The Bertz CT molecular complexity index is 958. The molecule has 2 aliphatic rings. The smallest absolute Gasteiger partial charge is 0.307 e.